The lowest BCUT2D eigenvalue weighted by Gasteiger charge is -2.63. The van der Waals surface area contributed by atoms with E-state index in [1.165, 1.54) is 0 Å². The average molecular weight is 411 g/mol. The number of carbonyl (C=O) groups excluding carboxylic acids is 2. The highest BCUT2D eigenvalue weighted by Crippen LogP contribution is 2.86. The third kappa shape index (κ3) is 1.91. The summed E-state index contributed by atoms with van der Waals surface area (Å²) < 4.78 is 11.6. The Labute approximate surface area is 177 Å². The summed E-state index contributed by atoms with van der Waals surface area (Å²) in [6.45, 7) is 4.43. The minimum absolute atomic E-state index is 0.133. The fourth-order valence-electron chi connectivity index (χ4n) is 9.27. The molecule has 30 heavy (non-hydrogen) atoms. The van der Waals surface area contributed by atoms with Gasteiger partial charge in [0.2, 0.25) is 0 Å². The van der Waals surface area contributed by atoms with Crippen LogP contribution in [0.3, 0.4) is 0 Å². The monoisotopic (exact) mass is 410 g/mol. The van der Waals surface area contributed by atoms with Crippen LogP contribution in [0.5, 0.6) is 0 Å². The quantitative estimate of drug-likeness (QED) is 0.408. The third-order valence-corrected chi connectivity index (χ3v) is 10.6. The molecule has 0 amide bonds. The van der Waals surface area contributed by atoms with Crippen LogP contribution in [0.1, 0.15) is 52.4 Å². The van der Waals surface area contributed by atoms with Crippen LogP contribution in [-0.2, 0) is 19.1 Å². The molecule has 10 atom stereocenters. The van der Waals surface area contributed by atoms with Crippen molar-refractivity contribution in [1.29, 1.82) is 0 Å². The van der Waals surface area contributed by atoms with Crippen LogP contribution in [0.25, 0.3) is 0 Å². The summed E-state index contributed by atoms with van der Waals surface area (Å²) in [5, 5.41) is 11.7. The van der Waals surface area contributed by atoms with Gasteiger partial charge in [0.25, 0.3) is 0 Å². The first-order valence-corrected chi connectivity index (χ1v) is 12.0. The molecular formula is C25H30O5. The molecule has 7 rings (SSSR count). The molecule has 0 aromatic heterocycles. The van der Waals surface area contributed by atoms with Gasteiger partial charge < -0.3 is 14.6 Å². The van der Waals surface area contributed by atoms with Gasteiger partial charge in [0.1, 0.15) is 11.4 Å². The van der Waals surface area contributed by atoms with Crippen molar-refractivity contribution in [3.63, 3.8) is 0 Å². The molecule has 7 aliphatic rings. The van der Waals surface area contributed by atoms with Crippen LogP contribution < -0.4 is 0 Å². The number of aliphatic hydroxyl groups is 1. The lowest BCUT2D eigenvalue weighted by atomic mass is 9.45. The fraction of sp³-hybridized carbons (Fsp3) is 0.840. The van der Waals surface area contributed by atoms with Crippen LogP contribution in [0.2, 0.25) is 0 Å². The van der Waals surface area contributed by atoms with E-state index in [9.17, 15) is 14.7 Å². The van der Waals surface area contributed by atoms with Gasteiger partial charge in [-0.2, -0.15) is 0 Å². The van der Waals surface area contributed by atoms with Crippen LogP contribution >= 0.6 is 0 Å². The maximum atomic E-state index is 12.2. The predicted octanol–water partition coefficient (Wildman–Crippen LogP) is 2.35. The Bertz CT molecular complexity index is 920. The number of hydrogen-bond acceptors (Lipinski definition) is 5. The maximum absolute atomic E-state index is 12.2. The third-order valence-electron chi connectivity index (χ3n) is 10.6. The van der Waals surface area contributed by atoms with Crippen molar-refractivity contribution in [2.24, 2.45) is 52.8 Å². The molecule has 1 heterocycles. The molecule has 0 aromatic carbocycles. The van der Waals surface area contributed by atoms with Crippen LogP contribution in [0.4, 0.5) is 0 Å². The lowest BCUT2D eigenvalue weighted by Crippen LogP contribution is -2.65. The zero-order chi connectivity index (χ0) is 20.6. The van der Waals surface area contributed by atoms with E-state index >= 15 is 0 Å². The highest BCUT2D eigenvalue weighted by Gasteiger charge is 2.91. The molecule has 1 saturated heterocycles. The Morgan fingerprint density at radius 1 is 1.23 bits per heavy atom. The number of ketones is 1. The standard InChI is InChI=1S/C25H30O5/c1-3-29-17(27)7-9-24-21-20(22(21)24)19-16(30-24)5-4-14-18(19)13-10-15(13)25(28)11-12(26)6-8-23(14,25)2/h13-16,18-22,28H,3-6,8,10-11H2,1-2H3. The normalized spacial score (nSPS) is 60.4. The molecule has 0 radical (unpaired) electrons. The summed E-state index contributed by atoms with van der Waals surface area (Å²) in [5.74, 6) is 9.89. The van der Waals surface area contributed by atoms with E-state index in [0.29, 0.717) is 66.8 Å². The van der Waals surface area contributed by atoms with Crippen LogP contribution in [0, 0.1) is 64.6 Å². The predicted molar refractivity (Wildman–Crippen MR) is 106 cm³/mol. The smallest absolute Gasteiger partial charge is 0.384 e. The minimum atomic E-state index is -0.780. The van der Waals surface area contributed by atoms with Crippen molar-refractivity contribution in [2.45, 2.75) is 69.7 Å². The van der Waals surface area contributed by atoms with Gasteiger partial charge in [0.15, 0.2) is 0 Å². The second kappa shape index (κ2) is 5.33. The lowest BCUT2D eigenvalue weighted by molar-refractivity contribution is -0.236. The summed E-state index contributed by atoms with van der Waals surface area (Å²) in [7, 11) is 0. The molecule has 10 unspecified atom stereocenters. The number of fused-ring (bicyclic) bond motifs is 11. The topological polar surface area (TPSA) is 72.8 Å². The Morgan fingerprint density at radius 2 is 2.03 bits per heavy atom. The van der Waals surface area contributed by atoms with Gasteiger partial charge in [-0.1, -0.05) is 12.8 Å². The summed E-state index contributed by atoms with van der Waals surface area (Å²) in [6.07, 6.45) is 5.26. The zero-order valence-electron chi connectivity index (χ0n) is 17.7. The minimum Gasteiger partial charge on any atom is -0.456 e. The van der Waals surface area contributed by atoms with Gasteiger partial charge >= 0.3 is 5.97 Å². The van der Waals surface area contributed by atoms with Gasteiger partial charge in [-0.05, 0) is 68.1 Å². The zero-order valence-corrected chi connectivity index (χ0v) is 17.7. The summed E-state index contributed by atoms with van der Waals surface area (Å²) in [6, 6.07) is 0. The molecule has 1 N–H and O–H groups in total. The first-order valence-electron chi connectivity index (χ1n) is 12.0. The number of carbonyl (C=O) groups is 2. The first-order chi connectivity index (χ1) is 14.4. The largest absolute Gasteiger partial charge is 0.456 e. The van der Waals surface area contributed by atoms with Gasteiger partial charge in [0, 0.05) is 36.0 Å². The van der Waals surface area contributed by atoms with Crippen molar-refractivity contribution in [2.75, 3.05) is 6.61 Å². The molecule has 160 valence electrons. The van der Waals surface area contributed by atoms with Gasteiger partial charge in [-0.15, -0.1) is 0 Å². The summed E-state index contributed by atoms with van der Waals surface area (Å²) in [5.41, 5.74) is -1.28. The summed E-state index contributed by atoms with van der Waals surface area (Å²) in [4.78, 5) is 23.9. The van der Waals surface area contributed by atoms with Crippen LogP contribution in [0.15, 0.2) is 0 Å². The molecule has 0 aromatic rings. The number of ether oxygens (including phenoxy) is 2. The molecule has 6 aliphatic carbocycles. The van der Waals surface area contributed by atoms with E-state index < -0.39 is 11.6 Å². The van der Waals surface area contributed by atoms with Gasteiger partial charge in [-0.3, -0.25) is 4.79 Å². The van der Waals surface area contributed by atoms with E-state index in [1.54, 1.807) is 6.92 Å². The number of esters is 1. The van der Waals surface area contributed by atoms with Crippen LogP contribution in [-0.4, -0.2) is 40.8 Å². The average Bonchev–Trinajstić information content (AvgIpc) is 3.60. The Kier molecular flexibility index (Phi) is 3.23. The Morgan fingerprint density at radius 3 is 2.80 bits per heavy atom. The highest BCUT2D eigenvalue weighted by molar-refractivity contribution is 5.89. The second-order valence-electron chi connectivity index (χ2n) is 11.5. The number of rotatable bonds is 1. The molecule has 0 spiro atoms. The van der Waals surface area contributed by atoms with E-state index in [2.05, 4.69) is 18.8 Å². The van der Waals surface area contributed by atoms with E-state index in [0.717, 1.165) is 25.7 Å². The van der Waals surface area contributed by atoms with Crippen molar-refractivity contribution in [3.05, 3.63) is 0 Å². The molecule has 7 fully saturated rings. The molecule has 0 bridgehead atoms. The van der Waals surface area contributed by atoms with E-state index in [-0.39, 0.29) is 22.9 Å². The molecular weight excluding hydrogens is 380 g/mol. The Balaban J connectivity index is 1.17. The van der Waals surface area contributed by atoms with E-state index in [1.807, 2.05) is 0 Å². The SMILES string of the molecule is CCOC(=O)C#CC12OC3CCC4C(C5CC5C5(O)CC(=O)CCC45C)C3C3C1C32. The van der Waals surface area contributed by atoms with Gasteiger partial charge in [-0.25, -0.2) is 4.79 Å². The molecule has 5 heteroatoms. The van der Waals surface area contributed by atoms with Crippen molar-refractivity contribution in [1.82, 2.24) is 0 Å². The number of hydrogen-bond donors (Lipinski definition) is 1. The fourth-order valence-corrected chi connectivity index (χ4v) is 9.27. The van der Waals surface area contributed by atoms with E-state index in [4.69, 9.17) is 9.47 Å². The first kappa shape index (κ1) is 18.2. The number of Topliss-reactive ketones (excluding diaryl/α,β-unsaturated/α-hetero) is 1. The van der Waals surface area contributed by atoms with Gasteiger partial charge in [0.05, 0.1) is 18.3 Å². The Hall–Kier alpha value is -1.38. The van der Waals surface area contributed by atoms with Crippen molar-refractivity contribution < 1.29 is 24.2 Å². The molecule has 1 aliphatic heterocycles. The van der Waals surface area contributed by atoms with Crippen molar-refractivity contribution in [3.8, 4) is 11.8 Å². The maximum Gasteiger partial charge on any atom is 0.384 e. The molecule has 6 saturated carbocycles. The second-order valence-corrected chi connectivity index (χ2v) is 11.5. The summed E-state index contributed by atoms with van der Waals surface area (Å²) >= 11 is 0. The molecule has 5 nitrogen and oxygen atoms in total. The van der Waals surface area contributed by atoms with Crippen molar-refractivity contribution >= 4 is 11.8 Å². The highest BCUT2D eigenvalue weighted by atomic mass is 16.5.